The van der Waals surface area contributed by atoms with Crippen LogP contribution in [-0.4, -0.2) is 67.4 Å². The van der Waals surface area contributed by atoms with Gasteiger partial charge in [-0.05, 0) is 25.0 Å². The lowest BCUT2D eigenvalue weighted by Gasteiger charge is -2.44. The molecule has 9 heteroatoms. The summed E-state index contributed by atoms with van der Waals surface area (Å²) in [4.78, 5) is 38.4. The van der Waals surface area contributed by atoms with Crippen molar-refractivity contribution in [1.82, 2.24) is 0 Å². The van der Waals surface area contributed by atoms with Crippen LogP contribution in [0.1, 0.15) is 37.0 Å². The molecule has 1 fully saturated rings. The van der Waals surface area contributed by atoms with Crippen molar-refractivity contribution in [2.24, 2.45) is 11.8 Å². The van der Waals surface area contributed by atoms with Crippen LogP contribution < -0.4 is 0 Å². The molecule has 0 amide bonds. The van der Waals surface area contributed by atoms with Gasteiger partial charge in [0.1, 0.15) is 6.10 Å². The van der Waals surface area contributed by atoms with Crippen LogP contribution in [0.2, 0.25) is 0 Å². The molecule has 9 nitrogen and oxygen atoms in total. The molecule has 1 N–H and O–H groups in total. The Morgan fingerprint density at radius 3 is 2.12 bits per heavy atom. The second kappa shape index (κ2) is 11.4. The van der Waals surface area contributed by atoms with Gasteiger partial charge in [0.05, 0.1) is 24.0 Å². The Hall–Kier alpha value is -2.75. The molecule has 180 valence electrons. The third kappa shape index (κ3) is 5.98. The number of esters is 3. The lowest BCUT2D eigenvalue weighted by atomic mass is 9.96. The van der Waals surface area contributed by atoms with Crippen molar-refractivity contribution in [2.45, 2.75) is 57.4 Å². The van der Waals surface area contributed by atoms with E-state index in [0.717, 1.165) is 0 Å². The van der Waals surface area contributed by atoms with Crippen LogP contribution in [0.5, 0.6) is 0 Å². The lowest BCUT2D eigenvalue weighted by molar-refractivity contribution is -0.299. The van der Waals surface area contributed by atoms with Gasteiger partial charge in [-0.1, -0.05) is 44.2 Å². The number of benzene rings is 1. The van der Waals surface area contributed by atoms with E-state index in [1.165, 1.54) is 7.11 Å². The highest BCUT2D eigenvalue weighted by atomic mass is 16.7. The summed E-state index contributed by atoms with van der Waals surface area (Å²) in [5.74, 6) is -2.77. The second-order valence-corrected chi connectivity index (χ2v) is 8.25. The molecule has 7 atom stereocenters. The van der Waals surface area contributed by atoms with Gasteiger partial charge in [0.2, 0.25) is 0 Å². The topological polar surface area (TPSA) is 118 Å². The Morgan fingerprint density at radius 1 is 1.00 bits per heavy atom. The van der Waals surface area contributed by atoms with Crippen molar-refractivity contribution in [3.63, 3.8) is 0 Å². The van der Waals surface area contributed by atoms with Crippen molar-refractivity contribution in [3.8, 4) is 0 Å². The number of methoxy groups -OCH3 is 1. The number of aliphatic hydroxyl groups is 1. The third-order valence-electron chi connectivity index (χ3n) is 5.71. The molecule has 2 aliphatic rings. The number of aliphatic hydroxyl groups excluding tert-OH is 1. The van der Waals surface area contributed by atoms with E-state index < -0.39 is 67.1 Å². The maximum Gasteiger partial charge on any atom is 0.338 e. The fourth-order valence-corrected chi connectivity index (χ4v) is 3.68. The third-order valence-corrected chi connectivity index (χ3v) is 5.71. The lowest BCUT2D eigenvalue weighted by Crippen LogP contribution is -2.63. The standard InChI is InChI=1S/C24H30O9/c1-14-9-7-8-10-15(2)22(27)32-19-18(31-21(14)26)17(13-25)30-24(29-3)20(19)33-23(28)16-11-5-4-6-12-16/h4-8,11-12,14-15,17-20,24-25H,9-10,13H2,1-3H3/t14-,15-,17+,18-,19-,20+,24-/m0/s1. The molecule has 0 saturated carbocycles. The number of rotatable bonds is 4. The van der Waals surface area contributed by atoms with Gasteiger partial charge in [0.15, 0.2) is 24.6 Å². The first-order valence-electron chi connectivity index (χ1n) is 11.0. The first kappa shape index (κ1) is 24.9. The predicted molar refractivity (Wildman–Crippen MR) is 115 cm³/mol. The number of hydrogen-bond donors (Lipinski definition) is 1. The molecule has 1 saturated heterocycles. The molecule has 0 bridgehead atoms. The van der Waals surface area contributed by atoms with Crippen LogP contribution in [0.3, 0.4) is 0 Å². The fourth-order valence-electron chi connectivity index (χ4n) is 3.68. The molecule has 0 unspecified atom stereocenters. The molecule has 2 aliphatic heterocycles. The van der Waals surface area contributed by atoms with Crippen LogP contribution in [0.25, 0.3) is 0 Å². The number of allylic oxidation sites excluding steroid dienone is 2. The van der Waals surface area contributed by atoms with Crippen LogP contribution in [0.4, 0.5) is 0 Å². The number of carbonyl (C=O) groups is 3. The Kier molecular flexibility index (Phi) is 8.60. The maximum atomic E-state index is 12.8. The van der Waals surface area contributed by atoms with E-state index in [2.05, 4.69) is 0 Å². The Bertz CT molecular complexity index is 853. The molecule has 1 aromatic rings. The van der Waals surface area contributed by atoms with Crippen molar-refractivity contribution >= 4 is 17.9 Å². The van der Waals surface area contributed by atoms with Crippen molar-refractivity contribution in [2.75, 3.05) is 13.7 Å². The summed E-state index contributed by atoms with van der Waals surface area (Å²) in [6.45, 7) is 2.89. The summed E-state index contributed by atoms with van der Waals surface area (Å²) < 4.78 is 28.1. The van der Waals surface area contributed by atoms with Gasteiger partial charge in [-0.15, -0.1) is 0 Å². The van der Waals surface area contributed by atoms with Gasteiger partial charge in [-0.2, -0.15) is 0 Å². The van der Waals surface area contributed by atoms with Gasteiger partial charge >= 0.3 is 17.9 Å². The average molecular weight is 462 g/mol. The SMILES string of the molecule is CO[C@H]1O[C@H](CO)[C@@H]2OC(=O)[C@@H](C)CC=CC[C@H](C)C(=O)O[C@@H]2[C@H]1OC(=O)c1ccccc1. The molecule has 1 aromatic carbocycles. The van der Waals surface area contributed by atoms with Crippen molar-refractivity contribution in [3.05, 3.63) is 48.0 Å². The maximum absolute atomic E-state index is 12.8. The summed E-state index contributed by atoms with van der Waals surface area (Å²) in [7, 11) is 1.33. The summed E-state index contributed by atoms with van der Waals surface area (Å²) in [6.07, 6.45) is -1.43. The van der Waals surface area contributed by atoms with Crippen LogP contribution in [-0.2, 0) is 33.3 Å². The minimum absolute atomic E-state index is 0.275. The summed E-state index contributed by atoms with van der Waals surface area (Å²) in [6, 6.07) is 8.27. The predicted octanol–water partition coefficient (Wildman–Crippen LogP) is 2.02. The van der Waals surface area contributed by atoms with Gasteiger partial charge in [0, 0.05) is 7.11 Å². The molecule has 0 spiro atoms. The number of hydrogen-bond acceptors (Lipinski definition) is 9. The number of ether oxygens (including phenoxy) is 5. The molecule has 33 heavy (non-hydrogen) atoms. The van der Waals surface area contributed by atoms with E-state index in [9.17, 15) is 19.5 Å². The monoisotopic (exact) mass is 462 g/mol. The smallest absolute Gasteiger partial charge is 0.338 e. The zero-order valence-electron chi connectivity index (χ0n) is 18.9. The Balaban J connectivity index is 1.97. The molecular formula is C24H30O9. The highest BCUT2D eigenvalue weighted by Gasteiger charge is 2.53. The molecule has 2 heterocycles. The quantitative estimate of drug-likeness (QED) is 0.407. The largest absolute Gasteiger partial charge is 0.455 e. The van der Waals surface area contributed by atoms with E-state index in [1.54, 1.807) is 44.2 Å². The first-order valence-corrected chi connectivity index (χ1v) is 11.0. The molecular weight excluding hydrogens is 432 g/mol. The van der Waals surface area contributed by atoms with Gasteiger partial charge in [-0.25, -0.2) is 4.79 Å². The molecule has 0 radical (unpaired) electrons. The van der Waals surface area contributed by atoms with Crippen LogP contribution in [0.15, 0.2) is 42.5 Å². The summed E-state index contributed by atoms with van der Waals surface area (Å²) in [5, 5.41) is 9.92. The molecule has 0 aromatic heterocycles. The highest BCUT2D eigenvalue weighted by Crippen LogP contribution is 2.31. The van der Waals surface area contributed by atoms with Crippen LogP contribution in [0, 0.1) is 11.8 Å². The van der Waals surface area contributed by atoms with E-state index in [4.69, 9.17) is 23.7 Å². The van der Waals surface area contributed by atoms with Gasteiger partial charge < -0.3 is 28.8 Å². The minimum atomic E-state index is -1.25. The van der Waals surface area contributed by atoms with E-state index in [1.807, 2.05) is 12.2 Å². The van der Waals surface area contributed by atoms with Gasteiger partial charge in [-0.3, -0.25) is 9.59 Å². The van der Waals surface area contributed by atoms with E-state index >= 15 is 0 Å². The van der Waals surface area contributed by atoms with Crippen molar-refractivity contribution in [1.29, 1.82) is 0 Å². The normalized spacial score (nSPS) is 33.0. The minimum Gasteiger partial charge on any atom is -0.455 e. The highest BCUT2D eigenvalue weighted by molar-refractivity contribution is 5.89. The van der Waals surface area contributed by atoms with Crippen molar-refractivity contribution < 1.29 is 43.2 Å². The zero-order chi connectivity index (χ0) is 24.0. The van der Waals surface area contributed by atoms with Crippen LogP contribution >= 0.6 is 0 Å². The fraction of sp³-hybridized carbons (Fsp3) is 0.542. The molecule has 3 rings (SSSR count). The Morgan fingerprint density at radius 2 is 1.58 bits per heavy atom. The summed E-state index contributed by atoms with van der Waals surface area (Å²) >= 11 is 0. The van der Waals surface area contributed by atoms with E-state index in [0.29, 0.717) is 12.8 Å². The average Bonchev–Trinajstić information content (AvgIpc) is 2.83. The zero-order valence-corrected chi connectivity index (χ0v) is 18.9. The number of fused-ring (bicyclic) bond motifs is 1. The van der Waals surface area contributed by atoms with Gasteiger partial charge in [0.25, 0.3) is 0 Å². The van der Waals surface area contributed by atoms with E-state index in [-0.39, 0.29) is 5.56 Å². The summed E-state index contributed by atoms with van der Waals surface area (Å²) in [5.41, 5.74) is 0.275. The second-order valence-electron chi connectivity index (χ2n) is 8.25. The first-order chi connectivity index (χ1) is 15.8. The number of carbonyl (C=O) groups excluding carboxylic acids is 3. The molecule has 0 aliphatic carbocycles. The Labute approximate surface area is 192 Å².